The van der Waals surface area contributed by atoms with Gasteiger partial charge in [0.15, 0.2) is 0 Å². The third kappa shape index (κ3) is 8.70. The van der Waals surface area contributed by atoms with Crippen LogP contribution in [0.3, 0.4) is 0 Å². The molecular formula is C30H34BrCl2N3O4S. The van der Waals surface area contributed by atoms with Crippen LogP contribution in [0, 0.1) is 6.92 Å². The van der Waals surface area contributed by atoms with Gasteiger partial charge in [0.25, 0.3) is 10.0 Å². The lowest BCUT2D eigenvalue weighted by Gasteiger charge is -2.33. The van der Waals surface area contributed by atoms with Crippen molar-refractivity contribution in [2.45, 2.75) is 57.5 Å². The van der Waals surface area contributed by atoms with Crippen molar-refractivity contribution in [3.8, 4) is 0 Å². The van der Waals surface area contributed by atoms with E-state index in [0.29, 0.717) is 34.3 Å². The molecule has 0 saturated carbocycles. The average molecular weight is 683 g/mol. The number of hydrogen-bond donors (Lipinski definition) is 1. The molecule has 3 aromatic rings. The van der Waals surface area contributed by atoms with Gasteiger partial charge in [0, 0.05) is 27.6 Å². The SMILES string of the molecule is CCCCNC(=O)[C@H](CC)N(Cc1ccc(Cl)cc1Cl)C(=O)CN(c1ccc(Br)cc1)S(=O)(=O)c1ccc(C)cc1. The minimum atomic E-state index is -4.14. The van der Waals surface area contributed by atoms with Gasteiger partial charge in [-0.2, -0.15) is 0 Å². The van der Waals surface area contributed by atoms with Gasteiger partial charge in [-0.05, 0) is 73.9 Å². The number of sulfonamides is 1. The Morgan fingerprint density at radius 2 is 1.63 bits per heavy atom. The number of nitrogens with one attached hydrogen (secondary N) is 1. The van der Waals surface area contributed by atoms with Gasteiger partial charge < -0.3 is 10.2 Å². The molecule has 0 heterocycles. The molecule has 41 heavy (non-hydrogen) atoms. The van der Waals surface area contributed by atoms with Gasteiger partial charge in [-0.1, -0.05) is 83.2 Å². The second-order valence-corrected chi connectivity index (χ2v) is 13.2. The van der Waals surface area contributed by atoms with Crippen molar-refractivity contribution in [3.63, 3.8) is 0 Å². The first-order valence-corrected chi connectivity index (χ1v) is 16.3. The lowest BCUT2D eigenvalue weighted by molar-refractivity contribution is -0.140. The molecule has 0 aliphatic rings. The highest BCUT2D eigenvalue weighted by Crippen LogP contribution is 2.28. The summed E-state index contributed by atoms with van der Waals surface area (Å²) < 4.78 is 29.7. The molecule has 7 nitrogen and oxygen atoms in total. The van der Waals surface area contributed by atoms with Gasteiger partial charge >= 0.3 is 0 Å². The zero-order valence-electron chi connectivity index (χ0n) is 23.2. The van der Waals surface area contributed by atoms with Crippen molar-refractivity contribution in [2.24, 2.45) is 0 Å². The molecule has 0 aromatic heterocycles. The number of carbonyl (C=O) groups excluding carboxylic acids is 2. The van der Waals surface area contributed by atoms with E-state index in [2.05, 4.69) is 21.2 Å². The molecule has 0 aliphatic heterocycles. The van der Waals surface area contributed by atoms with Crippen LogP contribution in [0.4, 0.5) is 5.69 Å². The molecule has 3 aromatic carbocycles. The maximum absolute atomic E-state index is 14.1. The van der Waals surface area contributed by atoms with E-state index in [1.165, 1.54) is 17.0 Å². The number of aryl methyl sites for hydroxylation is 1. The monoisotopic (exact) mass is 681 g/mol. The van der Waals surface area contributed by atoms with Crippen molar-refractivity contribution < 1.29 is 18.0 Å². The summed E-state index contributed by atoms with van der Waals surface area (Å²) in [4.78, 5) is 28.8. The summed E-state index contributed by atoms with van der Waals surface area (Å²) in [6, 6.07) is 17.2. The molecule has 3 rings (SSSR count). The van der Waals surface area contributed by atoms with Gasteiger partial charge in [-0.15, -0.1) is 0 Å². The minimum Gasteiger partial charge on any atom is -0.354 e. The van der Waals surface area contributed by atoms with Crippen LogP contribution in [0.1, 0.15) is 44.2 Å². The van der Waals surface area contributed by atoms with Crippen LogP contribution in [-0.2, 0) is 26.2 Å². The van der Waals surface area contributed by atoms with E-state index in [0.717, 1.165) is 27.2 Å². The highest BCUT2D eigenvalue weighted by molar-refractivity contribution is 9.10. The molecule has 0 saturated heterocycles. The van der Waals surface area contributed by atoms with Crippen molar-refractivity contribution in [1.82, 2.24) is 10.2 Å². The number of anilines is 1. The number of unbranched alkanes of at least 4 members (excludes halogenated alkanes) is 1. The van der Waals surface area contributed by atoms with Gasteiger partial charge in [-0.25, -0.2) is 8.42 Å². The van der Waals surface area contributed by atoms with Crippen molar-refractivity contribution in [1.29, 1.82) is 0 Å². The van der Waals surface area contributed by atoms with Crippen LogP contribution in [0.15, 0.2) is 76.1 Å². The third-order valence-electron chi connectivity index (χ3n) is 6.57. The normalized spacial score (nSPS) is 12.0. The Labute approximate surface area is 261 Å². The number of amides is 2. The topological polar surface area (TPSA) is 86.8 Å². The van der Waals surface area contributed by atoms with Crippen LogP contribution in [0.2, 0.25) is 10.0 Å². The molecule has 0 spiro atoms. The summed E-state index contributed by atoms with van der Waals surface area (Å²) in [5.41, 5.74) is 1.80. The molecule has 0 unspecified atom stereocenters. The number of nitrogens with zero attached hydrogens (tertiary/aromatic N) is 2. The Kier molecular flexibility index (Phi) is 12.1. The van der Waals surface area contributed by atoms with Crippen molar-refractivity contribution >= 4 is 66.7 Å². The van der Waals surface area contributed by atoms with Gasteiger partial charge in [0.1, 0.15) is 12.6 Å². The predicted octanol–water partition coefficient (Wildman–Crippen LogP) is 6.98. The highest BCUT2D eigenvalue weighted by Gasteiger charge is 2.34. The molecular weight excluding hydrogens is 649 g/mol. The van der Waals surface area contributed by atoms with Crippen LogP contribution >= 0.6 is 39.1 Å². The molecule has 0 bridgehead atoms. The lowest BCUT2D eigenvalue weighted by Crippen LogP contribution is -2.52. The smallest absolute Gasteiger partial charge is 0.264 e. The quantitative estimate of drug-likeness (QED) is 0.197. The van der Waals surface area contributed by atoms with E-state index in [4.69, 9.17) is 23.2 Å². The van der Waals surface area contributed by atoms with E-state index < -0.39 is 28.5 Å². The van der Waals surface area contributed by atoms with E-state index in [1.807, 2.05) is 20.8 Å². The Bertz CT molecular complexity index is 1450. The maximum Gasteiger partial charge on any atom is 0.264 e. The molecule has 1 atom stereocenters. The zero-order chi connectivity index (χ0) is 30.2. The summed E-state index contributed by atoms with van der Waals surface area (Å²) in [5.74, 6) is -0.858. The second kappa shape index (κ2) is 15.0. The standard InChI is InChI=1S/C30H34BrCl2N3O4S/c1-4-6-17-34-30(38)28(5-2)35(19-22-9-12-24(32)18-27(22)33)29(37)20-36(25-13-10-23(31)11-14-25)41(39,40)26-15-7-21(3)8-16-26/h7-16,18,28H,4-6,17,19-20H2,1-3H3,(H,34,38)/t28-/m0/s1. The van der Waals surface area contributed by atoms with Crippen LogP contribution in [0.5, 0.6) is 0 Å². The summed E-state index contributed by atoms with van der Waals surface area (Å²) >= 11 is 15.9. The number of benzene rings is 3. The minimum absolute atomic E-state index is 0.00665. The molecule has 0 aliphatic carbocycles. The van der Waals surface area contributed by atoms with Crippen LogP contribution in [0.25, 0.3) is 0 Å². The molecule has 220 valence electrons. The predicted molar refractivity (Wildman–Crippen MR) is 169 cm³/mol. The van der Waals surface area contributed by atoms with E-state index in [9.17, 15) is 18.0 Å². The van der Waals surface area contributed by atoms with Crippen LogP contribution < -0.4 is 9.62 Å². The van der Waals surface area contributed by atoms with Gasteiger partial charge in [-0.3, -0.25) is 13.9 Å². The molecule has 11 heteroatoms. The van der Waals surface area contributed by atoms with Gasteiger partial charge in [0.05, 0.1) is 10.6 Å². The van der Waals surface area contributed by atoms with Crippen LogP contribution in [-0.4, -0.2) is 44.3 Å². The fourth-order valence-corrected chi connectivity index (χ4v) is 6.38. The zero-order valence-corrected chi connectivity index (χ0v) is 27.2. The Morgan fingerprint density at radius 1 is 0.976 bits per heavy atom. The summed E-state index contributed by atoms with van der Waals surface area (Å²) in [6.45, 7) is 5.64. The fourth-order valence-electron chi connectivity index (χ4n) is 4.23. The Balaban J connectivity index is 2.05. The molecule has 0 fully saturated rings. The first-order chi connectivity index (χ1) is 19.5. The van der Waals surface area contributed by atoms with E-state index in [-0.39, 0.29) is 17.3 Å². The molecule has 1 N–H and O–H groups in total. The van der Waals surface area contributed by atoms with E-state index >= 15 is 0 Å². The molecule has 2 amide bonds. The number of halogens is 3. The second-order valence-electron chi connectivity index (χ2n) is 9.63. The first-order valence-electron chi connectivity index (χ1n) is 13.3. The summed E-state index contributed by atoms with van der Waals surface area (Å²) in [7, 11) is -4.14. The van der Waals surface area contributed by atoms with Crippen molar-refractivity contribution in [3.05, 3.63) is 92.4 Å². The molecule has 0 radical (unpaired) electrons. The third-order valence-corrected chi connectivity index (χ3v) is 9.48. The van der Waals surface area contributed by atoms with Gasteiger partial charge in [0.2, 0.25) is 11.8 Å². The summed E-state index contributed by atoms with van der Waals surface area (Å²) in [6.07, 6.45) is 2.02. The number of carbonyl (C=O) groups is 2. The summed E-state index contributed by atoms with van der Waals surface area (Å²) in [5, 5.41) is 3.69. The van der Waals surface area contributed by atoms with E-state index in [1.54, 1.807) is 54.6 Å². The number of rotatable bonds is 13. The Hall–Kier alpha value is -2.59. The number of hydrogen-bond acceptors (Lipinski definition) is 4. The Morgan fingerprint density at radius 3 is 2.22 bits per heavy atom. The highest BCUT2D eigenvalue weighted by atomic mass is 79.9. The van der Waals surface area contributed by atoms with Crippen molar-refractivity contribution in [2.75, 3.05) is 17.4 Å². The lowest BCUT2D eigenvalue weighted by atomic mass is 10.1. The maximum atomic E-state index is 14.1. The average Bonchev–Trinajstić information content (AvgIpc) is 2.93. The first kappa shape index (κ1) is 32.9. The largest absolute Gasteiger partial charge is 0.354 e. The fraction of sp³-hybridized carbons (Fsp3) is 0.333.